The Morgan fingerprint density at radius 3 is 2.45 bits per heavy atom. The Kier molecular flexibility index (Phi) is 10.2. The second-order valence-corrected chi connectivity index (χ2v) is 11.2. The molecule has 0 spiro atoms. The third-order valence-corrected chi connectivity index (χ3v) is 8.54. The van der Waals surface area contributed by atoms with E-state index >= 15 is 0 Å². The molecule has 1 saturated heterocycles. The van der Waals surface area contributed by atoms with Gasteiger partial charge in [-0.1, -0.05) is 54.6 Å². The minimum atomic E-state index is 0.0847. The first-order valence-corrected chi connectivity index (χ1v) is 15.2. The first kappa shape index (κ1) is 28.3. The van der Waals surface area contributed by atoms with Crippen LogP contribution >= 0.6 is 11.8 Å². The highest BCUT2D eigenvalue weighted by Crippen LogP contribution is 2.35. The number of methoxy groups -OCH3 is 2. The van der Waals surface area contributed by atoms with Gasteiger partial charge in [0.05, 0.1) is 33.5 Å². The quantitative estimate of drug-likeness (QED) is 0.175. The van der Waals surface area contributed by atoms with Crippen LogP contribution in [0.5, 0.6) is 17.2 Å². The van der Waals surface area contributed by atoms with Crippen molar-refractivity contribution >= 4 is 22.5 Å². The van der Waals surface area contributed by atoms with Crippen molar-refractivity contribution in [3.63, 3.8) is 0 Å². The predicted octanol–water partition coefficient (Wildman–Crippen LogP) is 7.22. The summed E-state index contributed by atoms with van der Waals surface area (Å²) in [5, 5.41) is 5.58. The zero-order valence-electron chi connectivity index (χ0n) is 23.4. The van der Waals surface area contributed by atoms with Crippen LogP contribution in [0.15, 0.2) is 84.9 Å². The number of thioether (sulfide) groups is 1. The standard InChI is InChI=1S/C34H39NO4S/c1-36-32-11-6-10-30-31(32)20-26(21-33(30)37-2)23-39-34-22-35-17-16-29(34)27-12-14-28(15-13-27)38-18-7-19-40-24-25-8-4-3-5-9-25/h3-6,8-15,20-21,29,34-35H,7,16-19,22-24H2,1-2H3. The average Bonchev–Trinajstić information content (AvgIpc) is 3.02. The van der Waals surface area contributed by atoms with Crippen LogP contribution in [-0.2, 0) is 17.1 Å². The molecule has 1 fully saturated rings. The lowest BCUT2D eigenvalue weighted by molar-refractivity contribution is 0.0106. The van der Waals surface area contributed by atoms with Gasteiger partial charge in [0.2, 0.25) is 0 Å². The van der Waals surface area contributed by atoms with E-state index in [0.29, 0.717) is 12.5 Å². The van der Waals surface area contributed by atoms with Gasteiger partial charge in [-0.15, -0.1) is 0 Å². The normalized spacial score (nSPS) is 17.1. The van der Waals surface area contributed by atoms with E-state index < -0.39 is 0 Å². The second kappa shape index (κ2) is 14.4. The van der Waals surface area contributed by atoms with Crippen molar-refractivity contribution in [2.45, 2.75) is 37.2 Å². The zero-order valence-corrected chi connectivity index (χ0v) is 24.3. The Hall–Kier alpha value is -3.19. The summed E-state index contributed by atoms with van der Waals surface area (Å²) in [5.41, 5.74) is 3.75. The number of fused-ring (bicyclic) bond motifs is 1. The van der Waals surface area contributed by atoms with Gasteiger partial charge in [0, 0.05) is 29.0 Å². The molecule has 1 heterocycles. The smallest absolute Gasteiger partial charge is 0.127 e. The molecule has 0 saturated carbocycles. The van der Waals surface area contributed by atoms with Gasteiger partial charge in [-0.2, -0.15) is 11.8 Å². The third kappa shape index (κ3) is 7.30. The summed E-state index contributed by atoms with van der Waals surface area (Å²) in [6.07, 6.45) is 2.16. The summed E-state index contributed by atoms with van der Waals surface area (Å²) in [6, 6.07) is 29.5. The fourth-order valence-electron chi connectivity index (χ4n) is 5.33. The van der Waals surface area contributed by atoms with Gasteiger partial charge >= 0.3 is 0 Å². The van der Waals surface area contributed by atoms with Gasteiger partial charge in [-0.05, 0) is 72.2 Å². The highest BCUT2D eigenvalue weighted by molar-refractivity contribution is 7.98. The van der Waals surface area contributed by atoms with E-state index in [0.717, 1.165) is 77.6 Å². The Labute approximate surface area is 242 Å². The summed E-state index contributed by atoms with van der Waals surface area (Å²) in [7, 11) is 3.41. The molecule has 1 aliphatic heterocycles. The van der Waals surface area contributed by atoms with Crippen LogP contribution in [0.4, 0.5) is 0 Å². The number of piperidine rings is 1. The minimum Gasteiger partial charge on any atom is -0.496 e. The largest absolute Gasteiger partial charge is 0.496 e. The zero-order chi connectivity index (χ0) is 27.6. The summed E-state index contributed by atoms with van der Waals surface area (Å²) in [6.45, 7) is 3.07. The van der Waals surface area contributed by atoms with E-state index in [2.05, 4.69) is 78.1 Å². The van der Waals surface area contributed by atoms with Gasteiger partial charge < -0.3 is 24.3 Å². The van der Waals surface area contributed by atoms with Crippen LogP contribution in [0.25, 0.3) is 10.8 Å². The first-order chi connectivity index (χ1) is 19.7. The van der Waals surface area contributed by atoms with Crippen LogP contribution in [0, 0.1) is 0 Å². The van der Waals surface area contributed by atoms with Crippen LogP contribution in [-0.4, -0.2) is 45.8 Å². The molecule has 2 unspecified atom stereocenters. The third-order valence-electron chi connectivity index (χ3n) is 7.43. The molecule has 5 nitrogen and oxygen atoms in total. The number of benzene rings is 4. The van der Waals surface area contributed by atoms with E-state index in [-0.39, 0.29) is 6.10 Å². The molecule has 4 aromatic rings. The molecule has 0 radical (unpaired) electrons. The number of ether oxygens (including phenoxy) is 4. The summed E-state index contributed by atoms with van der Waals surface area (Å²) >= 11 is 1.96. The van der Waals surface area contributed by atoms with Gasteiger partial charge in [0.15, 0.2) is 0 Å². The molecule has 0 amide bonds. The lowest BCUT2D eigenvalue weighted by Gasteiger charge is -2.32. The number of hydrogen-bond donors (Lipinski definition) is 1. The lowest BCUT2D eigenvalue weighted by Crippen LogP contribution is -2.40. The van der Waals surface area contributed by atoms with E-state index in [9.17, 15) is 0 Å². The molecular formula is C34H39NO4S. The van der Waals surface area contributed by atoms with E-state index in [1.165, 1.54) is 11.1 Å². The average molecular weight is 558 g/mol. The maximum Gasteiger partial charge on any atom is 0.127 e. The Bertz CT molecular complexity index is 1350. The minimum absolute atomic E-state index is 0.0847. The number of rotatable bonds is 13. The van der Waals surface area contributed by atoms with Crippen molar-refractivity contribution in [1.82, 2.24) is 5.32 Å². The Morgan fingerprint density at radius 1 is 0.825 bits per heavy atom. The molecule has 6 heteroatoms. The molecular weight excluding hydrogens is 518 g/mol. The molecule has 1 N–H and O–H groups in total. The molecule has 1 aliphatic rings. The van der Waals surface area contributed by atoms with Crippen molar-refractivity contribution in [1.29, 1.82) is 0 Å². The molecule has 5 rings (SSSR count). The summed E-state index contributed by atoms with van der Waals surface area (Å²) < 4.78 is 23.9. The van der Waals surface area contributed by atoms with Gasteiger partial charge in [-0.25, -0.2) is 0 Å². The van der Waals surface area contributed by atoms with Crippen LogP contribution in [0.3, 0.4) is 0 Å². The SMILES string of the molecule is COc1cc(COC2CNCCC2c2ccc(OCCCSCc3ccccc3)cc2)cc2c(OC)cccc12. The number of nitrogens with one attached hydrogen (secondary N) is 1. The topological polar surface area (TPSA) is 49.0 Å². The molecule has 40 heavy (non-hydrogen) atoms. The fraction of sp³-hybridized carbons (Fsp3) is 0.353. The maximum atomic E-state index is 6.53. The van der Waals surface area contributed by atoms with Crippen LogP contribution in [0.1, 0.15) is 35.4 Å². The Balaban J connectivity index is 1.14. The highest BCUT2D eigenvalue weighted by atomic mass is 32.2. The Morgan fingerprint density at radius 2 is 1.65 bits per heavy atom. The molecule has 0 aromatic heterocycles. The molecule has 210 valence electrons. The van der Waals surface area contributed by atoms with E-state index in [1.807, 2.05) is 23.9 Å². The van der Waals surface area contributed by atoms with Gasteiger partial charge in [0.25, 0.3) is 0 Å². The lowest BCUT2D eigenvalue weighted by atomic mass is 9.87. The summed E-state index contributed by atoms with van der Waals surface area (Å²) in [5.74, 6) is 5.08. The van der Waals surface area contributed by atoms with Gasteiger partial charge in [-0.3, -0.25) is 0 Å². The van der Waals surface area contributed by atoms with Crippen molar-refractivity contribution in [2.75, 3.05) is 39.7 Å². The fourth-order valence-corrected chi connectivity index (χ4v) is 6.22. The number of hydrogen-bond acceptors (Lipinski definition) is 6. The van der Waals surface area contributed by atoms with E-state index in [4.69, 9.17) is 18.9 Å². The van der Waals surface area contributed by atoms with Gasteiger partial charge in [0.1, 0.15) is 17.2 Å². The molecule has 0 bridgehead atoms. The van der Waals surface area contributed by atoms with E-state index in [1.54, 1.807) is 14.2 Å². The maximum absolute atomic E-state index is 6.53. The summed E-state index contributed by atoms with van der Waals surface area (Å²) in [4.78, 5) is 0. The first-order valence-electron chi connectivity index (χ1n) is 14.1. The second-order valence-electron chi connectivity index (χ2n) is 10.1. The van der Waals surface area contributed by atoms with Crippen LogP contribution < -0.4 is 19.5 Å². The monoisotopic (exact) mass is 557 g/mol. The van der Waals surface area contributed by atoms with Crippen molar-refractivity contribution in [2.24, 2.45) is 0 Å². The predicted molar refractivity (Wildman–Crippen MR) is 165 cm³/mol. The molecule has 4 aromatic carbocycles. The van der Waals surface area contributed by atoms with Crippen molar-refractivity contribution < 1.29 is 18.9 Å². The van der Waals surface area contributed by atoms with Crippen molar-refractivity contribution in [3.05, 3.63) is 102 Å². The molecule has 2 atom stereocenters. The van der Waals surface area contributed by atoms with Crippen LogP contribution in [0.2, 0.25) is 0 Å². The highest BCUT2D eigenvalue weighted by Gasteiger charge is 2.27. The van der Waals surface area contributed by atoms with Crippen molar-refractivity contribution in [3.8, 4) is 17.2 Å². The molecule has 0 aliphatic carbocycles.